The molecule has 1 saturated carbocycles. The van der Waals surface area contributed by atoms with E-state index in [0.717, 1.165) is 19.0 Å². The number of aliphatic hydroxyl groups excluding tert-OH is 1. The Morgan fingerprint density at radius 1 is 1.31 bits per heavy atom. The van der Waals surface area contributed by atoms with Crippen LogP contribution in [0.4, 0.5) is 0 Å². The van der Waals surface area contributed by atoms with Gasteiger partial charge in [-0.15, -0.1) is 0 Å². The van der Waals surface area contributed by atoms with Gasteiger partial charge in [-0.2, -0.15) is 0 Å². The van der Waals surface area contributed by atoms with E-state index in [2.05, 4.69) is 35.2 Å². The van der Waals surface area contributed by atoms with Crippen molar-refractivity contribution >= 4 is 0 Å². The Labute approximate surface area is 96.9 Å². The summed E-state index contributed by atoms with van der Waals surface area (Å²) in [4.78, 5) is 2.53. The van der Waals surface area contributed by atoms with Crippen molar-refractivity contribution in [3.05, 3.63) is 35.9 Å². The monoisotopic (exact) mass is 217 g/mol. The molecule has 1 aromatic rings. The molecule has 0 unspecified atom stereocenters. The predicted molar refractivity (Wildman–Crippen MR) is 64.0 cm³/mol. The van der Waals surface area contributed by atoms with Crippen LogP contribution in [0, 0.1) is 11.3 Å². The van der Waals surface area contributed by atoms with Gasteiger partial charge in [0, 0.05) is 19.7 Å². The average molecular weight is 217 g/mol. The molecule has 2 atom stereocenters. The van der Waals surface area contributed by atoms with Crippen LogP contribution in [0.2, 0.25) is 0 Å². The molecule has 2 heteroatoms. The second-order valence-electron chi connectivity index (χ2n) is 5.39. The largest absolute Gasteiger partial charge is 0.396 e. The van der Waals surface area contributed by atoms with Crippen molar-refractivity contribution in [2.75, 3.05) is 19.7 Å². The van der Waals surface area contributed by atoms with Gasteiger partial charge in [0.25, 0.3) is 0 Å². The fraction of sp³-hybridized carbons (Fsp3) is 0.571. The highest BCUT2D eigenvalue weighted by Gasteiger charge is 2.55. The summed E-state index contributed by atoms with van der Waals surface area (Å²) in [6, 6.07) is 10.7. The van der Waals surface area contributed by atoms with Gasteiger partial charge in [-0.25, -0.2) is 0 Å². The number of piperidine rings is 1. The second kappa shape index (κ2) is 3.86. The number of aliphatic hydroxyl groups is 1. The minimum absolute atomic E-state index is 0.327. The van der Waals surface area contributed by atoms with Crippen LogP contribution >= 0.6 is 0 Å². The molecule has 1 aliphatic heterocycles. The SMILES string of the molecule is OC[C@@]12CCN(Cc3ccccc3)C[C@@H]1C2. The van der Waals surface area contributed by atoms with E-state index in [1.54, 1.807) is 0 Å². The second-order valence-corrected chi connectivity index (χ2v) is 5.39. The molecule has 16 heavy (non-hydrogen) atoms. The van der Waals surface area contributed by atoms with Crippen LogP contribution in [-0.2, 0) is 6.54 Å². The molecule has 0 radical (unpaired) electrons. The summed E-state index contributed by atoms with van der Waals surface area (Å²) in [6.07, 6.45) is 2.43. The predicted octanol–water partition coefficient (Wildman–Crippen LogP) is 1.89. The normalized spacial score (nSPS) is 33.4. The third-order valence-electron chi connectivity index (χ3n) is 4.33. The fourth-order valence-corrected chi connectivity index (χ4v) is 3.04. The molecule has 1 N–H and O–H groups in total. The van der Waals surface area contributed by atoms with Crippen LogP contribution < -0.4 is 0 Å². The van der Waals surface area contributed by atoms with Gasteiger partial charge in [-0.05, 0) is 36.3 Å². The van der Waals surface area contributed by atoms with Crippen molar-refractivity contribution in [3.8, 4) is 0 Å². The van der Waals surface area contributed by atoms with Gasteiger partial charge in [0.05, 0.1) is 0 Å². The summed E-state index contributed by atoms with van der Waals surface area (Å²) in [5.74, 6) is 0.759. The Morgan fingerprint density at radius 3 is 2.81 bits per heavy atom. The first kappa shape index (κ1) is 10.3. The average Bonchev–Trinajstić information content (AvgIpc) is 3.05. The summed E-state index contributed by atoms with van der Waals surface area (Å²) in [5, 5.41) is 9.35. The standard InChI is InChI=1S/C14H19NO/c16-11-14-6-7-15(10-13(14)8-14)9-12-4-2-1-3-5-12/h1-5,13,16H,6-11H2/t13-,14-/m0/s1. The lowest BCUT2D eigenvalue weighted by Crippen LogP contribution is -2.35. The lowest BCUT2D eigenvalue weighted by molar-refractivity contribution is 0.116. The molecule has 2 nitrogen and oxygen atoms in total. The van der Waals surface area contributed by atoms with E-state index in [4.69, 9.17) is 0 Å². The Kier molecular flexibility index (Phi) is 2.49. The molecule has 0 aromatic heterocycles. The van der Waals surface area contributed by atoms with Gasteiger partial charge >= 0.3 is 0 Å². The van der Waals surface area contributed by atoms with Crippen LogP contribution in [0.15, 0.2) is 30.3 Å². The first-order valence-electron chi connectivity index (χ1n) is 6.19. The maximum atomic E-state index is 9.35. The van der Waals surface area contributed by atoms with Gasteiger partial charge in [-0.1, -0.05) is 30.3 Å². The van der Waals surface area contributed by atoms with Gasteiger partial charge < -0.3 is 5.11 Å². The Bertz CT molecular complexity index is 364. The van der Waals surface area contributed by atoms with E-state index in [1.807, 2.05) is 0 Å². The van der Waals surface area contributed by atoms with Gasteiger partial charge in [0.15, 0.2) is 0 Å². The minimum atomic E-state index is 0.327. The quantitative estimate of drug-likeness (QED) is 0.835. The molecule has 3 rings (SSSR count). The van der Waals surface area contributed by atoms with Crippen LogP contribution in [0.5, 0.6) is 0 Å². The zero-order valence-electron chi connectivity index (χ0n) is 9.60. The first-order chi connectivity index (χ1) is 7.82. The van der Waals surface area contributed by atoms with E-state index < -0.39 is 0 Å². The lowest BCUT2D eigenvalue weighted by atomic mass is 9.96. The molecule has 86 valence electrons. The third kappa shape index (κ3) is 1.76. The van der Waals surface area contributed by atoms with Crippen molar-refractivity contribution in [2.45, 2.75) is 19.4 Å². The van der Waals surface area contributed by atoms with Crippen molar-refractivity contribution < 1.29 is 5.11 Å². The van der Waals surface area contributed by atoms with Crippen molar-refractivity contribution in [1.29, 1.82) is 0 Å². The molecule has 0 spiro atoms. The molecular formula is C14H19NO. The number of nitrogens with zero attached hydrogens (tertiary/aromatic N) is 1. The Morgan fingerprint density at radius 2 is 2.12 bits per heavy atom. The van der Waals surface area contributed by atoms with E-state index in [0.29, 0.717) is 12.0 Å². The molecule has 0 amide bonds. The van der Waals surface area contributed by atoms with E-state index >= 15 is 0 Å². The fourth-order valence-electron chi connectivity index (χ4n) is 3.04. The van der Waals surface area contributed by atoms with Crippen LogP contribution in [0.3, 0.4) is 0 Å². The maximum Gasteiger partial charge on any atom is 0.0491 e. The van der Waals surface area contributed by atoms with Gasteiger partial charge in [-0.3, -0.25) is 4.90 Å². The number of rotatable bonds is 3. The highest BCUT2D eigenvalue weighted by molar-refractivity contribution is 5.15. The molecular weight excluding hydrogens is 198 g/mol. The Balaban J connectivity index is 1.59. The van der Waals surface area contributed by atoms with Gasteiger partial charge in [0.2, 0.25) is 0 Å². The summed E-state index contributed by atoms with van der Waals surface area (Å²) in [5.41, 5.74) is 1.73. The summed E-state index contributed by atoms with van der Waals surface area (Å²) < 4.78 is 0. The van der Waals surface area contributed by atoms with Crippen molar-refractivity contribution in [1.82, 2.24) is 4.90 Å². The van der Waals surface area contributed by atoms with Crippen LogP contribution in [0.1, 0.15) is 18.4 Å². The van der Waals surface area contributed by atoms with Crippen molar-refractivity contribution in [2.24, 2.45) is 11.3 Å². The number of hydrogen-bond acceptors (Lipinski definition) is 2. The minimum Gasteiger partial charge on any atom is -0.396 e. The molecule has 2 aliphatic rings. The first-order valence-corrected chi connectivity index (χ1v) is 6.19. The summed E-state index contributed by atoms with van der Waals surface area (Å²) in [6.45, 7) is 3.79. The Hall–Kier alpha value is -0.860. The van der Waals surface area contributed by atoms with Crippen LogP contribution in [0.25, 0.3) is 0 Å². The molecule has 1 heterocycles. The van der Waals surface area contributed by atoms with Crippen molar-refractivity contribution in [3.63, 3.8) is 0 Å². The highest BCUT2D eigenvalue weighted by Crippen LogP contribution is 2.57. The third-order valence-corrected chi connectivity index (χ3v) is 4.33. The van der Waals surface area contributed by atoms with Gasteiger partial charge in [0.1, 0.15) is 0 Å². The summed E-state index contributed by atoms with van der Waals surface area (Å²) in [7, 11) is 0. The molecule has 2 fully saturated rings. The molecule has 0 bridgehead atoms. The number of benzene rings is 1. The summed E-state index contributed by atoms with van der Waals surface area (Å²) >= 11 is 0. The molecule has 1 saturated heterocycles. The lowest BCUT2D eigenvalue weighted by Gasteiger charge is -2.30. The smallest absolute Gasteiger partial charge is 0.0491 e. The van der Waals surface area contributed by atoms with E-state index in [-0.39, 0.29) is 0 Å². The zero-order chi connectivity index (χ0) is 11.0. The number of likely N-dealkylation sites (tertiary alicyclic amines) is 1. The van der Waals surface area contributed by atoms with Crippen LogP contribution in [-0.4, -0.2) is 29.7 Å². The highest BCUT2D eigenvalue weighted by atomic mass is 16.3. The zero-order valence-corrected chi connectivity index (χ0v) is 9.60. The van der Waals surface area contributed by atoms with E-state index in [9.17, 15) is 5.11 Å². The van der Waals surface area contributed by atoms with E-state index in [1.165, 1.54) is 24.9 Å². The number of fused-ring (bicyclic) bond motifs is 1. The number of hydrogen-bond donors (Lipinski definition) is 1. The topological polar surface area (TPSA) is 23.5 Å². The molecule has 1 aromatic carbocycles. The maximum absolute atomic E-state index is 9.35. The molecule has 1 aliphatic carbocycles.